The van der Waals surface area contributed by atoms with Crippen LogP contribution in [-0.4, -0.2) is 37.0 Å². The van der Waals surface area contributed by atoms with Crippen LogP contribution in [0.1, 0.15) is 37.7 Å². The summed E-state index contributed by atoms with van der Waals surface area (Å²) in [6.07, 6.45) is 3.24. The van der Waals surface area contributed by atoms with E-state index in [2.05, 4.69) is 5.32 Å². The van der Waals surface area contributed by atoms with Gasteiger partial charge in [-0.2, -0.15) is 0 Å². The predicted molar refractivity (Wildman–Crippen MR) is 87.8 cm³/mol. The Balaban J connectivity index is 0.00000192. The van der Waals surface area contributed by atoms with E-state index < -0.39 is 17.6 Å². The molecule has 1 aromatic carbocycles. The minimum Gasteiger partial charge on any atom is -0.342 e. The molecule has 2 aliphatic heterocycles. The number of hydrogen-bond acceptors (Lipinski definition) is 2. The maximum absolute atomic E-state index is 13.3. The van der Waals surface area contributed by atoms with Gasteiger partial charge in [-0.05, 0) is 55.8 Å². The smallest absolute Gasteiger partial charge is 0.229 e. The molecule has 2 saturated heterocycles. The van der Waals surface area contributed by atoms with Crippen LogP contribution in [0, 0.1) is 17.0 Å². The van der Waals surface area contributed by atoms with Crippen molar-refractivity contribution in [3.63, 3.8) is 0 Å². The number of piperidine rings is 1. The van der Waals surface area contributed by atoms with E-state index in [-0.39, 0.29) is 18.3 Å². The molecular weight excluding hydrogens is 322 g/mol. The molecule has 0 aromatic heterocycles. The number of amides is 1. The van der Waals surface area contributed by atoms with Gasteiger partial charge in [0.1, 0.15) is 0 Å². The molecule has 0 aliphatic carbocycles. The van der Waals surface area contributed by atoms with Gasteiger partial charge in [0.05, 0.1) is 5.92 Å². The summed E-state index contributed by atoms with van der Waals surface area (Å²) in [6, 6.07) is 3.71. The van der Waals surface area contributed by atoms with Gasteiger partial charge in [0.25, 0.3) is 0 Å². The van der Waals surface area contributed by atoms with Crippen LogP contribution in [0.2, 0.25) is 0 Å². The fraction of sp³-hybridized carbons (Fsp3) is 0.588. The van der Waals surface area contributed by atoms with Crippen molar-refractivity contribution < 1.29 is 13.6 Å². The van der Waals surface area contributed by atoms with Gasteiger partial charge in [-0.3, -0.25) is 4.79 Å². The SMILES string of the molecule is CC(C(=O)N1CCC2(CCNC2)CC1)c1ccc(F)c(F)c1.Cl. The molecule has 23 heavy (non-hydrogen) atoms. The molecule has 1 aromatic rings. The highest BCUT2D eigenvalue weighted by atomic mass is 35.5. The van der Waals surface area contributed by atoms with Crippen molar-refractivity contribution in [1.29, 1.82) is 0 Å². The lowest BCUT2D eigenvalue weighted by Crippen LogP contribution is -2.45. The molecule has 1 unspecified atom stereocenters. The van der Waals surface area contributed by atoms with Gasteiger partial charge in [-0.25, -0.2) is 8.78 Å². The van der Waals surface area contributed by atoms with E-state index in [1.807, 2.05) is 4.90 Å². The molecule has 0 bridgehead atoms. The monoisotopic (exact) mass is 344 g/mol. The number of halogens is 3. The Bertz CT molecular complexity index is 566. The first kappa shape index (κ1) is 18.1. The molecule has 1 amide bonds. The Morgan fingerprint density at radius 3 is 2.48 bits per heavy atom. The van der Waals surface area contributed by atoms with Crippen molar-refractivity contribution in [3.8, 4) is 0 Å². The second-order valence-corrected chi connectivity index (χ2v) is 6.65. The Labute approximate surface area is 141 Å². The molecule has 2 heterocycles. The highest BCUT2D eigenvalue weighted by Crippen LogP contribution is 2.37. The van der Waals surface area contributed by atoms with Crippen LogP contribution in [0.4, 0.5) is 8.78 Å². The summed E-state index contributed by atoms with van der Waals surface area (Å²) in [4.78, 5) is 14.5. The van der Waals surface area contributed by atoms with Gasteiger partial charge in [0.15, 0.2) is 11.6 Å². The first-order chi connectivity index (χ1) is 10.5. The highest BCUT2D eigenvalue weighted by molar-refractivity contribution is 5.85. The van der Waals surface area contributed by atoms with Gasteiger partial charge in [-0.1, -0.05) is 6.07 Å². The fourth-order valence-electron chi connectivity index (χ4n) is 3.62. The Hall–Kier alpha value is -1.20. The second kappa shape index (κ2) is 7.14. The lowest BCUT2D eigenvalue weighted by molar-refractivity contribution is -0.134. The maximum Gasteiger partial charge on any atom is 0.229 e. The summed E-state index contributed by atoms with van der Waals surface area (Å²) in [7, 11) is 0. The van der Waals surface area contributed by atoms with Crippen LogP contribution in [0.3, 0.4) is 0 Å². The molecule has 3 rings (SSSR count). The lowest BCUT2D eigenvalue weighted by atomic mass is 9.77. The molecule has 0 saturated carbocycles. The van der Waals surface area contributed by atoms with Gasteiger partial charge >= 0.3 is 0 Å². The zero-order valence-electron chi connectivity index (χ0n) is 13.3. The third-order valence-electron chi connectivity index (χ3n) is 5.28. The number of nitrogens with zero attached hydrogens (tertiary/aromatic N) is 1. The van der Waals surface area contributed by atoms with Crippen LogP contribution in [0.5, 0.6) is 0 Å². The average Bonchev–Trinajstić information content (AvgIpc) is 2.97. The van der Waals surface area contributed by atoms with Crippen molar-refractivity contribution in [3.05, 3.63) is 35.4 Å². The molecule has 2 fully saturated rings. The maximum atomic E-state index is 13.3. The summed E-state index contributed by atoms with van der Waals surface area (Å²) in [5, 5.41) is 3.41. The van der Waals surface area contributed by atoms with E-state index in [0.29, 0.717) is 11.0 Å². The largest absolute Gasteiger partial charge is 0.342 e. The van der Waals surface area contributed by atoms with E-state index in [1.54, 1.807) is 6.92 Å². The summed E-state index contributed by atoms with van der Waals surface area (Å²) in [6.45, 7) is 5.40. The topological polar surface area (TPSA) is 32.3 Å². The number of benzene rings is 1. The molecule has 1 N–H and O–H groups in total. The van der Waals surface area contributed by atoms with Crippen molar-refractivity contribution in [1.82, 2.24) is 10.2 Å². The Kier molecular flexibility index (Phi) is 5.63. The van der Waals surface area contributed by atoms with Gasteiger partial charge in [0, 0.05) is 19.6 Å². The number of nitrogens with one attached hydrogen (secondary N) is 1. The number of rotatable bonds is 2. The lowest BCUT2D eigenvalue weighted by Gasteiger charge is -2.39. The molecule has 2 aliphatic rings. The van der Waals surface area contributed by atoms with E-state index in [0.717, 1.165) is 51.2 Å². The molecule has 1 atom stereocenters. The standard InChI is InChI=1S/C17H22F2N2O.ClH/c1-12(13-2-3-14(18)15(19)10-13)16(22)21-8-5-17(6-9-21)4-7-20-11-17;/h2-3,10,12,20H,4-9,11H2,1H3;1H. The Morgan fingerprint density at radius 1 is 1.22 bits per heavy atom. The average molecular weight is 345 g/mol. The normalized spacial score (nSPS) is 21.1. The zero-order valence-corrected chi connectivity index (χ0v) is 14.1. The van der Waals surface area contributed by atoms with Crippen LogP contribution in [0.15, 0.2) is 18.2 Å². The fourth-order valence-corrected chi connectivity index (χ4v) is 3.62. The van der Waals surface area contributed by atoms with E-state index in [1.165, 1.54) is 12.5 Å². The number of likely N-dealkylation sites (tertiary alicyclic amines) is 1. The van der Waals surface area contributed by atoms with Crippen LogP contribution in [0.25, 0.3) is 0 Å². The van der Waals surface area contributed by atoms with Crippen molar-refractivity contribution in [2.45, 2.75) is 32.1 Å². The van der Waals surface area contributed by atoms with E-state index in [4.69, 9.17) is 0 Å². The number of carbonyl (C=O) groups excluding carboxylic acids is 1. The van der Waals surface area contributed by atoms with E-state index in [9.17, 15) is 13.6 Å². The van der Waals surface area contributed by atoms with Crippen LogP contribution >= 0.6 is 12.4 Å². The van der Waals surface area contributed by atoms with Gasteiger partial charge in [-0.15, -0.1) is 12.4 Å². The third-order valence-corrected chi connectivity index (χ3v) is 5.28. The molecule has 0 radical (unpaired) electrons. The number of carbonyl (C=O) groups is 1. The predicted octanol–water partition coefficient (Wildman–Crippen LogP) is 3.09. The third kappa shape index (κ3) is 3.66. The molecule has 128 valence electrons. The van der Waals surface area contributed by atoms with Gasteiger partial charge < -0.3 is 10.2 Å². The summed E-state index contributed by atoms with van der Waals surface area (Å²) >= 11 is 0. The minimum atomic E-state index is -0.897. The van der Waals surface area contributed by atoms with Crippen LogP contribution < -0.4 is 5.32 Å². The first-order valence-electron chi connectivity index (χ1n) is 7.95. The minimum absolute atomic E-state index is 0. The molecule has 3 nitrogen and oxygen atoms in total. The molecular formula is C17H23ClF2N2O. The first-order valence-corrected chi connectivity index (χ1v) is 7.95. The highest BCUT2D eigenvalue weighted by Gasteiger charge is 2.38. The van der Waals surface area contributed by atoms with Crippen molar-refractivity contribution in [2.75, 3.05) is 26.2 Å². The summed E-state index contributed by atoms with van der Waals surface area (Å²) < 4.78 is 26.3. The van der Waals surface area contributed by atoms with E-state index >= 15 is 0 Å². The zero-order chi connectivity index (χ0) is 15.7. The Morgan fingerprint density at radius 2 is 1.91 bits per heavy atom. The number of hydrogen-bond donors (Lipinski definition) is 1. The molecule has 1 spiro atoms. The summed E-state index contributed by atoms with van der Waals surface area (Å²) in [5.74, 6) is -2.21. The summed E-state index contributed by atoms with van der Waals surface area (Å²) in [5.41, 5.74) is 0.897. The van der Waals surface area contributed by atoms with Crippen molar-refractivity contribution >= 4 is 18.3 Å². The van der Waals surface area contributed by atoms with Gasteiger partial charge in [0.2, 0.25) is 5.91 Å². The van der Waals surface area contributed by atoms with Crippen LogP contribution in [-0.2, 0) is 4.79 Å². The molecule has 6 heteroatoms. The van der Waals surface area contributed by atoms with Crippen molar-refractivity contribution in [2.24, 2.45) is 5.41 Å². The quantitative estimate of drug-likeness (QED) is 0.894. The second-order valence-electron chi connectivity index (χ2n) is 6.65.